The first kappa shape index (κ1) is 16.9. The Bertz CT molecular complexity index is 652. The van der Waals surface area contributed by atoms with Crippen LogP contribution in [0.15, 0.2) is 6.07 Å². The molecule has 1 aliphatic heterocycles. The van der Waals surface area contributed by atoms with Gasteiger partial charge in [0, 0.05) is 12.5 Å². The lowest BCUT2D eigenvalue weighted by atomic mass is 9.84. The van der Waals surface area contributed by atoms with Gasteiger partial charge in [-0.2, -0.15) is 16.9 Å². The number of amides is 2. The Kier molecular flexibility index (Phi) is 5.01. The molecule has 3 aliphatic rings. The van der Waals surface area contributed by atoms with E-state index in [9.17, 15) is 9.59 Å². The number of hydrogen-bond acceptors (Lipinski definition) is 4. The fourth-order valence-corrected chi connectivity index (χ4v) is 4.43. The fourth-order valence-electron chi connectivity index (χ4n) is 3.36. The highest BCUT2D eigenvalue weighted by molar-refractivity contribution is 7.99. The van der Waals surface area contributed by atoms with Gasteiger partial charge in [-0.15, -0.1) is 0 Å². The zero-order chi connectivity index (χ0) is 17.2. The van der Waals surface area contributed by atoms with Crippen molar-refractivity contribution in [3.05, 3.63) is 17.5 Å². The Hall–Kier alpha value is -1.50. The molecule has 25 heavy (non-hydrogen) atoms. The largest absolute Gasteiger partial charge is 0.350 e. The molecular weight excluding hydrogens is 336 g/mol. The number of aromatic nitrogens is 2. The van der Waals surface area contributed by atoms with Gasteiger partial charge < -0.3 is 10.2 Å². The third-order valence-electron chi connectivity index (χ3n) is 5.36. The second-order valence-corrected chi connectivity index (χ2v) is 8.50. The van der Waals surface area contributed by atoms with Crippen molar-refractivity contribution in [1.29, 1.82) is 0 Å². The molecule has 1 aromatic heterocycles. The average molecular weight is 362 g/mol. The van der Waals surface area contributed by atoms with Crippen molar-refractivity contribution in [3.63, 3.8) is 0 Å². The molecule has 0 saturated heterocycles. The van der Waals surface area contributed by atoms with Crippen LogP contribution in [0.1, 0.15) is 43.5 Å². The van der Waals surface area contributed by atoms with E-state index in [1.54, 1.807) is 11.8 Å². The highest BCUT2D eigenvalue weighted by atomic mass is 32.2. The van der Waals surface area contributed by atoms with E-state index in [0.29, 0.717) is 24.7 Å². The first-order valence-corrected chi connectivity index (χ1v) is 10.5. The molecule has 0 bridgehead atoms. The van der Waals surface area contributed by atoms with Crippen molar-refractivity contribution in [3.8, 4) is 0 Å². The lowest BCUT2D eigenvalue weighted by Gasteiger charge is -2.34. The van der Waals surface area contributed by atoms with Gasteiger partial charge in [0.1, 0.15) is 0 Å². The number of fused-ring (bicyclic) bond motifs is 1. The van der Waals surface area contributed by atoms with Gasteiger partial charge in [-0.1, -0.05) is 6.42 Å². The first-order chi connectivity index (χ1) is 12.2. The molecule has 2 amide bonds. The maximum atomic E-state index is 12.4. The van der Waals surface area contributed by atoms with Crippen molar-refractivity contribution in [2.24, 2.45) is 11.8 Å². The molecule has 0 radical (unpaired) electrons. The normalized spacial score (nSPS) is 20.1. The van der Waals surface area contributed by atoms with Crippen molar-refractivity contribution >= 4 is 23.6 Å². The summed E-state index contributed by atoms with van der Waals surface area (Å²) in [6, 6.07) is 2.03. The van der Waals surface area contributed by atoms with E-state index >= 15 is 0 Å². The summed E-state index contributed by atoms with van der Waals surface area (Å²) in [6.45, 7) is 2.61. The predicted molar refractivity (Wildman–Crippen MR) is 96.9 cm³/mol. The number of nitrogens with one attached hydrogen (secondary N) is 1. The maximum Gasteiger partial charge on any atom is 0.230 e. The van der Waals surface area contributed by atoms with Crippen LogP contribution in [0, 0.1) is 11.8 Å². The third kappa shape index (κ3) is 4.19. The van der Waals surface area contributed by atoms with Gasteiger partial charge in [0.2, 0.25) is 11.8 Å². The monoisotopic (exact) mass is 362 g/mol. The third-order valence-corrected chi connectivity index (χ3v) is 6.54. The number of carbonyl (C=O) groups is 2. The topological polar surface area (TPSA) is 67.2 Å². The van der Waals surface area contributed by atoms with E-state index in [0.717, 1.165) is 49.0 Å². The Labute approximate surface area is 152 Å². The lowest BCUT2D eigenvalue weighted by molar-refractivity contribution is -0.139. The summed E-state index contributed by atoms with van der Waals surface area (Å²) in [5.41, 5.74) is 1.96. The average Bonchev–Trinajstić information content (AvgIpc) is 3.28. The minimum Gasteiger partial charge on any atom is -0.350 e. The van der Waals surface area contributed by atoms with Gasteiger partial charge in [0.25, 0.3) is 0 Å². The van der Waals surface area contributed by atoms with E-state index < -0.39 is 0 Å². The van der Waals surface area contributed by atoms with Crippen LogP contribution >= 0.6 is 11.8 Å². The van der Waals surface area contributed by atoms with E-state index in [1.165, 1.54) is 19.3 Å². The van der Waals surface area contributed by atoms with Gasteiger partial charge in [-0.3, -0.25) is 14.3 Å². The molecule has 0 unspecified atom stereocenters. The van der Waals surface area contributed by atoms with Crippen LogP contribution in [-0.4, -0.2) is 44.5 Å². The van der Waals surface area contributed by atoms with Gasteiger partial charge in [-0.25, -0.2) is 0 Å². The Balaban J connectivity index is 1.25. The summed E-state index contributed by atoms with van der Waals surface area (Å²) < 4.78 is 1.98. The van der Waals surface area contributed by atoms with Crippen molar-refractivity contribution < 1.29 is 9.59 Å². The molecule has 2 saturated carbocycles. The number of carbonyl (C=O) groups excluding carboxylic acids is 2. The standard InChI is InChI=1S/C18H26N4O2S/c23-17(12-25-11-13-4-5-13)19-9-15-8-16-10-21(6-7-22(16)20-15)18(24)14-2-1-3-14/h8,13-14H,1-7,9-12H2,(H,19,23). The molecule has 6 nitrogen and oxygen atoms in total. The van der Waals surface area contributed by atoms with Crippen LogP contribution < -0.4 is 5.32 Å². The smallest absolute Gasteiger partial charge is 0.230 e. The number of rotatable bonds is 7. The van der Waals surface area contributed by atoms with Crippen molar-refractivity contribution in [2.75, 3.05) is 18.1 Å². The zero-order valence-corrected chi connectivity index (χ0v) is 15.4. The summed E-state index contributed by atoms with van der Waals surface area (Å²) >= 11 is 1.73. The second-order valence-electron chi connectivity index (χ2n) is 7.47. The van der Waals surface area contributed by atoms with Gasteiger partial charge in [0.05, 0.1) is 36.8 Å². The summed E-state index contributed by atoms with van der Waals surface area (Å²) in [5.74, 6) is 3.13. The van der Waals surface area contributed by atoms with Crippen LogP contribution in [-0.2, 0) is 29.2 Å². The van der Waals surface area contributed by atoms with Crippen LogP contribution in [0.2, 0.25) is 0 Å². The minimum atomic E-state index is 0.0819. The van der Waals surface area contributed by atoms with Gasteiger partial charge >= 0.3 is 0 Å². The molecule has 2 fully saturated rings. The Morgan fingerprint density at radius 2 is 2.08 bits per heavy atom. The predicted octanol–water partition coefficient (Wildman–Crippen LogP) is 1.78. The van der Waals surface area contributed by atoms with Crippen LogP contribution in [0.4, 0.5) is 0 Å². The molecule has 1 aromatic rings. The SMILES string of the molecule is O=C(CSCC1CC1)NCc1cc2n(n1)CCN(C(=O)C1CCC1)C2. The number of thioether (sulfide) groups is 1. The van der Waals surface area contributed by atoms with E-state index in [2.05, 4.69) is 10.4 Å². The number of nitrogens with zero attached hydrogens (tertiary/aromatic N) is 3. The Morgan fingerprint density at radius 3 is 2.80 bits per heavy atom. The molecule has 0 atom stereocenters. The zero-order valence-electron chi connectivity index (χ0n) is 14.6. The molecule has 2 aliphatic carbocycles. The second kappa shape index (κ2) is 7.40. The molecular formula is C18H26N4O2S. The number of hydrogen-bond donors (Lipinski definition) is 1. The van der Waals surface area contributed by atoms with Crippen molar-refractivity contribution in [1.82, 2.24) is 20.0 Å². The molecule has 2 heterocycles. The van der Waals surface area contributed by atoms with Crippen LogP contribution in [0.5, 0.6) is 0 Å². The molecule has 4 rings (SSSR count). The highest BCUT2D eigenvalue weighted by Gasteiger charge is 2.31. The molecule has 0 spiro atoms. The fraction of sp³-hybridized carbons (Fsp3) is 0.722. The molecule has 136 valence electrons. The minimum absolute atomic E-state index is 0.0819. The van der Waals surface area contributed by atoms with Gasteiger partial charge in [-0.05, 0) is 43.4 Å². The molecule has 7 heteroatoms. The maximum absolute atomic E-state index is 12.4. The van der Waals surface area contributed by atoms with Crippen LogP contribution in [0.3, 0.4) is 0 Å². The van der Waals surface area contributed by atoms with E-state index in [-0.39, 0.29) is 11.8 Å². The van der Waals surface area contributed by atoms with Crippen molar-refractivity contribution in [2.45, 2.75) is 51.7 Å². The summed E-state index contributed by atoms with van der Waals surface area (Å²) in [6.07, 6.45) is 5.93. The molecule has 1 N–H and O–H groups in total. The summed E-state index contributed by atoms with van der Waals surface area (Å²) in [5, 5.41) is 7.53. The summed E-state index contributed by atoms with van der Waals surface area (Å²) in [7, 11) is 0. The quantitative estimate of drug-likeness (QED) is 0.803. The van der Waals surface area contributed by atoms with Gasteiger partial charge in [0.15, 0.2) is 0 Å². The molecule has 0 aromatic carbocycles. The highest BCUT2D eigenvalue weighted by Crippen LogP contribution is 2.32. The van der Waals surface area contributed by atoms with Crippen LogP contribution in [0.25, 0.3) is 0 Å². The lowest BCUT2D eigenvalue weighted by Crippen LogP contribution is -2.43. The van der Waals surface area contributed by atoms with E-state index in [1.807, 2.05) is 15.6 Å². The summed E-state index contributed by atoms with van der Waals surface area (Å²) in [4.78, 5) is 26.3. The first-order valence-electron chi connectivity index (χ1n) is 9.38. The van der Waals surface area contributed by atoms with E-state index in [4.69, 9.17) is 0 Å². The Morgan fingerprint density at radius 1 is 1.24 bits per heavy atom.